The predicted octanol–water partition coefficient (Wildman–Crippen LogP) is 2.33. The van der Waals surface area contributed by atoms with Gasteiger partial charge in [0.15, 0.2) is 0 Å². The van der Waals surface area contributed by atoms with Crippen molar-refractivity contribution < 1.29 is 18.7 Å². The van der Waals surface area contributed by atoms with Crippen LogP contribution in [-0.2, 0) is 16.1 Å². The number of rotatable bonds is 5. The Hall–Kier alpha value is -2.60. The molecule has 2 heterocycles. The van der Waals surface area contributed by atoms with Crippen molar-refractivity contribution in [3.05, 3.63) is 54.0 Å². The van der Waals surface area contributed by atoms with Crippen molar-refractivity contribution in [1.82, 2.24) is 5.32 Å². The topological polar surface area (TPSA) is 80.6 Å². The third-order valence-corrected chi connectivity index (χ3v) is 3.65. The summed E-state index contributed by atoms with van der Waals surface area (Å²) in [7, 11) is 0. The summed E-state index contributed by atoms with van der Waals surface area (Å²) in [5, 5.41) is 5.59. The lowest BCUT2D eigenvalue weighted by atomic mass is 10.1. The van der Waals surface area contributed by atoms with Crippen LogP contribution in [-0.4, -0.2) is 24.5 Å². The van der Waals surface area contributed by atoms with Crippen LogP contribution in [0.3, 0.4) is 0 Å². The van der Waals surface area contributed by atoms with E-state index in [1.165, 1.54) is 0 Å². The summed E-state index contributed by atoms with van der Waals surface area (Å²) in [5.41, 5.74) is 1.96. The van der Waals surface area contributed by atoms with Crippen molar-refractivity contribution in [3.8, 4) is 0 Å². The molecule has 0 bridgehead atoms. The number of benzene rings is 1. The summed E-state index contributed by atoms with van der Waals surface area (Å²) in [4.78, 5) is 24.2. The minimum absolute atomic E-state index is 0.168. The van der Waals surface area contributed by atoms with E-state index >= 15 is 0 Å². The highest BCUT2D eigenvalue weighted by molar-refractivity contribution is 5.98. The molecule has 1 aliphatic rings. The van der Waals surface area contributed by atoms with Crippen LogP contribution < -0.4 is 10.6 Å². The largest absolute Gasteiger partial charge is 0.472 e. The highest BCUT2D eigenvalue weighted by atomic mass is 16.5. The zero-order chi connectivity index (χ0) is 16.1. The van der Waals surface area contributed by atoms with E-state index in [9.17, 15) is 9.59 Å². The molecule has 0 saturated carbocycles. The molecule has 1 aromatic heterocycles. The van der Waals surface area contributed by atoms with Gasteiger partial charge >= 0.3 is 0 Å². The van der Waals surface area contributed by atoms with Crippen molar-refractivity contribution in [2.75, 3.05) is 11.9 Å². The molecular weight excluding hydrogens is 296 g/mol. The minimum atomic E-state index is -0.395. The molecule has 1 aromatic carbocycles. The van der Waals surface area contributed by atoms with E-state index in [0.717, 1.165) is 18.4 Å². The number of ether oxygens (including phenoxy) is 1. The lowest BCUT2D eigenvalue weighted by molar-refractivity contribution is -0.124. The highest BCUT2D eigenvalue weighted by Gasteiger charge is 2.23. The second kappa shape index (κ2) is 7.11. The standard InChI is InChI=1S/C17H18N2O4/c20-16(18-10-12-6-8-22-11-12)13-3-1-4-14(9-13)19-17(21)15-5-2-7-23-15/h1,3-4,6,8-9,11,15H,2,5,7,10H2,(H,18,20)(H,19,21)/t15-/m1/s1. The summed E-state index contributed by atoms with van der Waals surface area (Å²) in [5.74, 6) is -0.377. The minimum Gasteiger partial charge on any atom is -0.472 e. The van der Waals surface area contributed by atoms with E-state index in [1.54, 1.807) is 42.9 Å². The lowest BCUT2D eigenvalue weighted by Crippen LogP contribution is -2.27. The summed E-state index contributed by atoms with van der Waals surface area (Å²) in [6, 6.07) is 8.63. The van der Waals surface area contributed by atoms with Crippen LogP contribution in [0.5, 0.6) is 0 Å². The van der Waals surface area contributed by atoms with Gasteiger partial charge in [0.2, 0.25) is 0 Å². The first-order valence-corrected chi connectivity index (χ1v) is 7.54. The van der Waals surface area contributed by atoms with Crippen molar-refractivity contribution in [2.24, 2.45) is 0 Å². The van der Waals surface area contributed by atoms with Gasteiger partial charge in [0.1, 0.15) is 6.10 Å². The lowest BCUT2D eigenvalue weighted by Gasteiger charge is -2.11. The number of hydrogen-bond acceptors (Lipinski definition) is 4. The van der Waals surface area contributed by atoms with Gasteiger partial charge in [0.05, 0.1) is 12.5 Å². The smallest absolute Gasteiger partial charge is 0.253 e. The third kappa shape index (κ3) is 3.98. The summed E-state index contributed by atoms with van der Waals surface area (Å²) >= 11 is 0. The first-order valence-electron chi connectivity index (χ1n) is 7.54. The molecular formula is C17H18N2O4. The van der Waals surface area contributed by atoms with Gasteiger partial charge in [-0.2, -0.15) is 0 Å². The Morgan fingerprint density at radius 3 is 2.91 bits per heavy atom. The predicted molar refractivity (Wildman–Crippen MR) is 83.9 cm³/mol. The Morgan fingerprint density at radius 1 is 1.26 bits per heavy atom. The van der Waals surface area contributed by atoms with Crippen molar-refractivity contribution in [1.29, 1.82) is 0 Å². The van der Waals surface area contributed by atoms with Gasteiger partial charge in [0.25, 0.3) is 11.8 Å². The molecule has 1 fully saturated rings. The molecule has 6 heteroatoms. The first-order chi connectivity index (χ1) is 11.2. The SMILES string of the molecule is O=C(NCc1ccoc1)c1cccc(NC(=O)[C@H]2CCCO2)c1. The zero-order valence-corrected chi connectivity index (χ0v) is 12.6. The number of carbonyl (C=O) groups excluding carboxylic acids is 2. The molecule has 2 aromatic rings. The molecule has 1 aliphatic heterocycles. The fourth-order valence-electron chi connectivity index (χ4n) is 2.42. The Kier molecular flexibility index (Phi) is 4.73. The molecule has 2 amide bonds. The van der Waals surface area contributed by atoms with E-state index in [1.807, 2.05) is 0 Å². The summed E-state index contributed by atoms with van der Waals surface area (Å²) in [6.45, 7) is 1.01. The van der Waals surface area contributed by atoms with Gasteiger partial charge in [-0.05, 0) is 37.1 Å². The van der Waals surface area contributed by atoms with Crippen molar-refractivity contribution >= 4 is 17.5 Å². The molecule has 1 saturated heterocycles. The third-order valence-electron chi connectivity index (χ3n) is 3.65. The molecule has 6 nitrogen and oxygen atoms in total. The molecule has 0 aliphatic carbocycles. The van der Waals surface area contributed by atoms with Crippen LogP contribution in [0, 0.1) is 0 Å². The molecule has 0 radical (unpaired) electrons. The van der Waals surface area contributed by atoms with Crippen LogP contribution in [0.2, 0.25) is 0 Å². The maximum Gasteiger partial charge on any atom is 0.253 e. The second-order valence-electron chi connectivity index (χ2n) is 5.39. The number of amides is 2. The highest BCUT2D eigenvalue weighted by Crippen LogP contribution is 2.16. The summed E-state index contributed by atoms with van der Waals surface area (Å²) < 4.78 is 10.3. The van der Waals surface area contributed by atoms with Gasteiger partial charge in [-0.15, -0.1) is 0 Å². The number of furan rings is 1. The first kappa shape index (κ1) is 15.3. The van der Waals surface area contributed by atoms with Gasteiger partial charge in [0, 0.05) is 30.0 Å². The quantitative estimate of drug-likeness (QED) is 0.887. The van der Waals surface area contributed by atoms with E-state index in [-0.39, 0.29) is 11.8 Å². The monoisotopic (exact) mass is 314 g/mol. The Balaban J connectivity index is 1.59. The van der Waals surface area contributed by atoms with E-state index < -0.39 is 6.10 Å². The summed E-state index contributed by atoms with van der Waals surface area (Å²) in [6.07, 6.45) is 4.38. The van der Waals surface area contributed by atoms with Crippen molar-refractivity contribution in [2.45, 2.75) is 25.5 Å². The molecule has 1 atom stereocenters. The molecule has 120 valence electrons. The van der Waals surface area contributed by atoms with Crippen molar-refractivity contribution in [3.63, 3.8) is 0 Å². The number of hydrogen-bond donors (Lipinski definition) is 2. The molecule has 0 spiro atoms. The van der Waals surface area contributed by atoms with Gasteiger partial charge in [-0.3, -0.25) is 9.59 Å². The van der Waals surface area contributed by atoms with E-state index in [0.29, 0.717) is 24.4 Å². The van der Waals surface area contributed by atoms with Gasteiger partial charge < -0.3 is 19.8 Å². The number of nitrogens with one attached hydrogen (secondary N) is 2. The molecule has 0 unspecified atom stereocenters. The van der Waals surface area contributed by atoms with Crippen LogP contribution in [0.15, 0.2) is 47.3 Å². The maximum absolute atomic E-state index is 12.2. The van der Waals surface area contributed by atoms with Crippen LogP contribution >= 0.6 is 0 Å². The molecule has 2 N–H and O–H groups in total. The molecule has 3 rings (SSSR count). The molecule has 23 heavy (non-hydrogen) atoms. The van der Waals surface area contributed by atoms with Crippen LogP contribution in [0.4, 0.5) is 5.69 Å². The van der Waals surface area contributed by atoms with Gasteiger partial charge in [-0.1, -0.05) is 6.07 Å². The maximum atomic E-state index is 12.2. The fourth-order valence-corrected chi connectivity index (χ4v) is 2.42. The second-order valence-corrected chi connectivity index (χ2v) is 5.39. The average Bonchev–Trinajstić information content (AvgIpc) is 3.26. The average molecular weight is 314 g/mol. The number of carbonyl (C=O) groups is 2. The Bertz CT molecular complexity index is 676. The fraction of sp³-hybridized carbons (Fsp3) is 0.294. The number of anilines is 1. The van der Waals surface area contributed by atoms with E-state index in [4.69, 9.17) is 9.15 Å². The van der Waals surface area contributed by atoms with Gasteiger partial charge in [-0.25, -0.2) is 0 Å². The van der Waals surface area contributed by atoms with Crippen LogP contribution in [0.25, 0.3) is 0 Å². The van der Waals surface area contributed by atoms with Crippen LogP contribution in [0.1, 0.15) is 28.8 Å². The Labute approximate surface area is 133 Å². The van der Waals surface area contributed by atoms with E-state index in [2.05, 4.69) is 10.6 Å². The normalized spacial score (nSPS) is 17.0. The zero-order valence-electron chi connectivity index (χ0n) is 12.6. The Morgan fingerprint density at radius 2 is 2.17 bits per heavy atom.